The smallest absolute Gasteiger partial charge is 0.00938 e. The van der Waals surface area contributed by atoms with Gasteiger partial charge in [-0.15, -0.1) is 0 Å². The van der Waals surface area contributed by atoms with Crippen molar-refractivity contribution in [2.24, 2.45) is 16.7 Å². The molecule has 0 saturated heterocycles. The van der Waals surface area contributed by atoms with E-state index in [1.54, 1.807) is 0 Å². The molecule has 2 aliphatic carbocycles. The first-order valence-electron chi connectivity index (χ1n) is 6.52. The monoisotopic (exact) mass is 213 g/mol. The molecule has 1 aromatic rings. The summed E-state index contributed by atoms with van der Waals surface area (Å²) in [7, 11) is 0. The number of rotatable bonds is 1. The summed E-state index contributed by atoms with van der Waals surface area (Å²) in [5.41, 5.74) is 2.46. The van der Waals surface area contributed by atoms with Gasteiger partial charge < -0.3 is 0 Å². The lowest BCUT2D eigenvalue weighted by atomic mass is 9.65. The Hall–Kier alpha value is -0.780. The molecule has 1 aromatic carbocycles. The maximum Gasteiger partial charge on any atom is -0.00938 e. The highest BCUT2D eigenvalue weighted by Gasteiger charge is 2.61. The molecule has 3 atom stereocenters. The third-order valence-electron chi connectivity index (χ3n) is 5.90. The summed E-state index contributed by atoms with van der Waals surface area (Å²) in [5.74, 6) is 1.67. The van der Waals surface area contributed by atoms with E-state index in [4.69, 9.17) is 0 Å². The van der Waals surface area contributed by atoms with E-state index in [1.807, 2.05) is 0 Å². The molecule has 2 saturated carbocycles. The van der Waals surface area contributed by atoms with E-state index < -0.39 is 0 Å². The number of hydrogen-bond donors (Lipinski definition) is 0. The molecule has 16 heavy (non-hydrogen) atoms. The van der Waals surface area contributed by atoms with E-state index >= 15 is 0 Å². The first-order chi connectivity index (χ1) is 7.56. The highest BCUT2D eigenvalue weighted by molar-refractivity contribution is 5.27. The average Bonchev–Trinajstić information content (AvgIpc) is 2.62. The van der Waals surface area contributed by atoms with Crippen molar-refractivity contribution >= 4 is 0 Å². The molecule has 0 nitrogen and oxygen atoms in total. The molecule has 0 amide bonds. The molecule has 3 unspecified atom stereocenters. The van der Waals surface area contributed by atoms with Gasteiger partial charge in [0, 0.05) is 0 Å². The SMILES string of the molecule is CC1(C)C2CCC1(C)C(c1[c]cccc1)C2. The maximum atomic E-state index is 3.46. The van der Waals surface area contributed by atoms with E-state index in [0.717, 1.165) is 11.8 Å². The predicted octanol–water partition coefficient (Wildman–Crippen LogP) is 4.42. The van der Waals surface area contributed by atoms with Crippen LogP contribution in [0.15, 0.2) is 24.3 Å². The molecule has 2 aliphatic rings. The number of hydrogen-bond acceptors (Lipinski definition) is 0. The van der Waals surface area contributed by atoms with Crippen LogP contribution >= 0.6 is 0 Å². The van der Waals surface area contributed by atoms with Gasteiger partial charge in [-0.1, -0.05) is 45.0 Å². The van der Waals surface area contributed by atoms with Crippen molar-refractivity contribution in [3.63, 3.8) is 0 Å². The van der Waals surface area contributed by atoms with E-state index in [0.29, 0.717) is 10.8 Å². The summed E-state index contributed by atoms with van der Waals surface area (Å²) in [6, 6.07) is 12.0. The molecule has 2 fully saturated rings. The lowest BCUT2D eigenvalue weighted by Gasteiger charge is -2.39. The van der Waals surface area contributed by atoms with Crippen molar-refractivity contribution in [1.29, 1.82) is 0 Å². The zero-order chi connectivity index (χ0) is 11.4. The Morgan fingerprint density at radius 3 is 2.56 bits per heavy atom. The van der Waals surface area contributed by atoms with Gasteiger partial charge in [-0.3, -0.25) is 0 Å². The summed E-state index contributed by atoms with van der Waals surface area (Å²) in [6.45, 7) is 7.46. The average molecular weight is 213 g/mol. The Morgan fingerprint density at radius 1 is 1.25 bits per heavy atom. The van der Waals surface area contributed by atoms with Crippen LogP contribution in [-0.2, 0) is 0 Å². The molecular formula is C16H21. The van der Waals surface area contributed by atoms with Crippen LogP contribution in [0, 0.1) is 22.8 Å². The molecule has 0 heteroatoms. The molecule has 0 N–H and O–H groups in total. The minimum Gasteiger partial charge on any atom is -0.0619 e. The predicted molar refractivity (Wildman–Crippen MR) is 67.2 cm³/mol. The van der Waals surface area contributed by atoms with Gasteiger partial charge in [-0.2, -0.15) is 0 Å². The molecule has 1 radical (unpaired) electrons. The van der Waals surface area contributed by atoms with Crippen LogP contribution in [0.5, 0.6) is 0 Å². The van der Waals surface area contributed by atoms with Crippen LogP contribution in [0.4, 0.5) is 0 Å². The van der Waals surface area contributed by atoms with Crippen molar-refractivity contribution < 1.29 is 0 Å². The Kier molecular flexibility index (Phi) is 2.02. The van der Waals surface area contributed by atoms with Gasteiger partial charge in [0.05, 0.1) is 0 Å². The minimum atomic E-state index is 0.496. The second-order valence-corrected chi connectivity index (χ2v) is 6.48. The van der Waals surface area contributed by atoms with Crippen LogP contribution in [0.1, 0.15) is 51.5 Å². The topological polar surface area (TPSA) is 0 Å². The molecule has 0 spiro atoms. The first kappa shape index (κ1) is 10.4. The summed E-state index contributed by atoms with van der Waals surface area (Å²) < 4.78 is 0. The van der Waals surface area contributed by atoms with Gasteiger partial charge in [0.2, 0.25) is 0 Å². The second-order valence-electron chi connectivity index (χ2n) is 6.48. The van der Waals surface area contributed by atoms with Crippen molar-refractivity contribution in [3.8, 4) is 0 Å². The summed E-state index contributed by atoms with van der Waals surface area (Å²) in [6.07, 6.45) is 4.22. The molecule has 0 aromatic heterocycles. The molecule has 0 aliphatic heterocycles. The Morgan fingerprint density at radius 2 is 2.06 bits per heavy atom. The van der Waals surface area contributed by atoms with E-state index in [1.165, 1.54) is 24.8 Å². The Bertz CT molecular complexity index is 390. The third-order valence-corrected chi connectivity index (χ3v) is 5.90. The molecule has 3 rings (SSSR count). The number of benzene rings is 1. The van der Waals surface area contributed by atoms with Gasteiger partial charge >= 0.3 is 0 Å². The van der Waals surface area contributed by atoms with Gasteiger partial charge in [-0.25, -0.2) is 0 Å². The Balaban J connectivity index is 2.02. The van der Waals surface area contributed by atoms with Crippen molar-refractivity contribution in [2.75, 3.05) is 0 Å². The van der Waals surface area contributed by atoms with E-state index in [9.17, 15) is 0 Å². The summed E-state index contributed by atoms with van der Waals surface area (Å²) in [4.78, 5) is 0. The fourth-order valence-electron chi connectivity index (χ4n) is 4.30. The summed E-state index contributed by atoms with van der Waals surface area (Å²) in [5, 5.41) is 0. The van der Waals surface area contributed by atoms with Crippen LogP contribution in [0.25, 0.3) is 0 Å². The largest absolute Gasteiger partial charge is 0.0619 e. The van der Waals surface area contributed by atoms with Gasteiger partial charge in [0.25, 0.3) is 0 Å². The fourth-order valence-corrected chi connectivity index (χ4v) is 4.30. The highest BCUT2D eigenvalue weighted by Crippen LogP contribution is 2.70. The van der Waals surface area contributed by atoms with E-state index in [-0.39, 0.29) is 0 Å². The molecule has 2 bridgehead atoms. The van der Waals surface area contributed by atoms with Crippen LogP contribution in [-0.4, -0.2) is 0 Å². The molecule has 85 valence electrons. The van der Waals surface area contributed by atoms with Crippen molar-refractivity contribution in [1.82, 2.24) is 0 Å². The first-order valence-corrected chi connectivity index (χ1v) is 6.52. The van der Waals surface area contributed by atoms with Crippen LogP contribution in [0.3, 0.4) is 0 Å². The van der Waals surface area contributed by atoms with Crippen LogP contribution < -0.4 is 0 Å². The Labute approximate surface area is 99.1 Å². The molecular weight excluding hydrogens is 192 g/mol. The quantitative estimate of drug-likeness (QED) is 0.648. The standard InChI is InChI=1S/C16H21/c1-15(2)13-9-10-16(15,3)14(11-13)12-7-5-4-6-8-12/h4-7,13-14H,9-11H2,1-3H3. The maximum absolute atomic E-state index is 3.46. The van der Waals surface area contributed by atoms with E-state index in [2.05, 4.69) is 51.1 Å². The second kappa shape index (κ2) is 3.12. The third kappa shape index (κ3) is 1.11. The lowest BCUT2D eigenvalue weighted by molar-refractivity contribution is 0.134. The zero-order valence-corrected chi connectivity index (χ0v) is 10.6. The number of fused-ring (bicyclic) bond motifs is 2. The van der Waals surface area contributed by atoms with Gasteiger partial charge in [0.15, 0.2) is 0 Å². The van der Waals surface area contributed by atoms with Crippen molar-refractivity contribution in [3.05, 3.63) is 35.9 Å². The molecule has 0 heterocycles. The normalized spacial score (nSPS) is 40.2. The minimum absolute atomic E-state index is 0.496. The fraction of sp³-hybridized carbons (Fsp3) is 0.625. The highest BCUT2D eigenvalue weighted by atomic mass is 14.6. The zero-order valence-electron chi connectivity index (χ0n) is 10.6. The van der Waals surface area contributed by atoms with Gasteiger partial charge in [0.1, 0.15) is 0 Å². The van der Waals surface area contributed by atoms with Crippen molar-refractivity contribution in [2.45, 2.75) is 46.0 Å². The van der Waals surface area contributed by atoms with Crippen LogP contribution in [0.2, 0.25) is 0 Å². The lowest BCUT2D eigenvalue weighted by Crippen LogP contribution is -2.31. The van der Waals surface area contributed by atoms with Gasteiger partial charge in [-0.05, 0) is 53.6 Å². The summed E-state index contributed by atoms with van der Waals surface area (Å²) >= 11 is 0.